The zero-order chi connectivity index (χ0) is 64.7. The zero-order valence-corrected chi connectivity index (χ0v) is 53.6. The van der Waals surface area contributed by atoms with E-state index in [1.165, 1.54) is 42.7 Å². The number of carbonyl (C=O) groups excluding carboxylic acids is 6. The highest BCUT2D eigenvalue weighted by Crippen LogP contribution is 2.46. The number of rotatable bonds is 15. The molecular formula is C70H76N8O12. The lowest BCUT2D eigenvalue weighted by Gasteiger charge is -2.17. The maximum atomic E-state index is 14.4. The first kappa shape index (κ1) is 63.3. The molecule has 0 aliphatic carbocycles. The number of ether oxygens (including phenoxy) is 6. The van der Waals surface area contributed by atoms with Crippen LogP contribution in [-0.2, 0) is 66.9 Å². The molecule has 10 rings (SSSR count). The number of H-pyrrole nitrogens is 4. The molecule has 4 N–H and O–H groups in total. The number of esters is 6. The van der Waals surface area contributed by atoms with Crippen LogP contribution in [0.4, 0.5) is 0 Å². The number of nitrogens with one attached hydrogen (secondary N) is 4. The van der Waals surface area contributed by atoms with Crippen molar-refractivity contribution in [3.63, 3.8) is 0 Å². The number of nitrogens with zero attached hydrogens (tertiary/aromatic N) is 4. The van der Waals surface area contributed by atoms with Gasteiger partial charge in [0.05, 0.1) is 88.0 Å². The Balaban J connectivity index is 1.22. The average Bonchev–Trinajstić information content (AvgIpc) is 1.63. The highest BCUT2D eigenvalue weighted by atomic mass is 16.5. The van der Waals surface area contributed by atoms with Gasteiger partial charge in [-0.1, -0.05) is 39.8 Å². The maximum absolute atomic E-state index is 14.4. The van der Waals surface area contributed by atoms with Crippen molar-refractivity contribution >= 4 is 108 Å². The molecule has 10 heterocycles. The van der Waals surface area contributed by atoms with Crippen molar-refractivity contribution in [2.75, 3.05) is 42.7 Å². The van der Waals surface area contributed by atoms with Gasteiger partial charge in [-0.2, -0.15) is 0 Å². The molecule has 0 spiro atoms. The Kier molecular flexibility index (Phi) is 18.1. The van der Waals surface area contributed by atoms with E-state index >= 15 is 0 Å². The highest BCUT2D eigenvalue weighted by Gasteiger charge is 2.40. The van der Waals surface area contributed by atoms with Crippen LogP contribution >= 0.6 is 0 Å². The summed E-state index contributed by atoms with van der Waals surface area (Å²) >= 11 is 0. The van der Waals surface area contributed by atoms with Gasteiger partial charge in [-0.3, -0.25) is 19.6 Å². The van der Waals surface area contributed by atoms with Crippen LogP contribution in [0.2, 0.25) is 0 Å². The van der Waals surface area contributed by atoms with Crippen LogP contribution in [0, 0.1) is 20.8 Å². The van der Waals surface area contributed by atoms with E-state index in [1.807, 2.05) is 51.1 Å². The molecule has 0 saturated heterocycles. The summed E-state index contributed by atoms with van der Waals surface area (Å²) < 4.78 is 31.8. The second-order valence-corrected chi connectivity index (χ2v) is 23.2. The summed E-state index contributed by atoms with van der Waals surface area (Å²) in [6.45, 7) is 17.9. The number of hydrogen-bond acceptors (Lipinski definition) is 16. The maximum Gasteiger partial charge on any atom is 0.341 e. The second-order valence-electron chi connectivity index (χ2n) is 23.2. The molecule has 0 amide bonds. The summed E-state index contributed by atoms with van der Waals surface area (Å²) in [5, 5.41) is 0. The zero-order valence-electron chi connectivity index (χ0n) is 53.6. The van der Waals surface area contributed by atoms with E-state index in [9.17, 15) is 28.8 Å². The van der Waals surface area contributed by atoms with Crippen LogP contribution in [0.15, 0.2) is 48.5 Å². The first-order chi connectivity index (χ1) is 43.1. The number of hydrogen-bond donors (Lipinski definition) is 4. The van der Waals surface area contributed by atoms with Gasteiger partial charge in [-0.05, 0) is 154 Å². The van der Waals surface area contributed by atoms with E-state index in [4.69, 9.17) is 48.4 Å². The van der Waals surface area contributed by atoms with Crippen LogP contribution in [0.1, 0.15) is 196 Å². The minimum atomic E-state index is -0.756. The number of fused-ring (bicyclic) bond motifs is 16. The van der Waals surface area contributed by atoms with Gasteiger partial charge in [-0.15, -0.1) is 0 Å². The summed E-state index contributed by atoms with van der Waals surface area (Å²) in [7, 11) is 7.74. The van der Waals surface area contributed by atoms with E-state index < -0.39 is 47.7 Å². The van der Waals surface area contributed by atoms with E-state index in [0.717, 1.165) is 78.5 Å². The Morgan fingerprint density at radius 2 is 0.911 bits per heavy atom. The van der Waals surface area contributed by atoms with Crippen molar-refractivity contribution in [1.29, 1.82) is 0 Å². The molecule has 0 aromatic carbocycles. The van der Waals surface area contributed by atoms with Crippen LogP contribution in [-0.4, -0.2) is 118 Å². The minimum absolute atomic E-state index is 0.00266. The number of methoxy groups -OCH3 is 6. The number of allylic oxidation sites excluding steroid dienone is 3. The fourth-order valence-electron chi connectivity index (χ4n) is 13.2. The molecule has 20 heteroatoms. The van der Waals surface area contributed by atoms with E-state index in [2.05, 4.69) is 71.9 Å². The Labute approximate surface area is 521 Å². The van der Waals surface area contributed by atoms with Gasteiger partial charge in [-0.25, -0.2) is 29.1 Å². The first-order valence-electron chi connectivity index (χ1n) is 30.2. The molecular weight excluding hydrogens is 1140 g/mol. The predicted molar refractivity (Wildman–Crippen MR) is 344 cm³/mol. The van der Waals surface area contributed by atoms with Gasteiger partial charge in [0.25, 0.3) is 0 Å². The molecule has 16 bridgehead atoms. The number of carbonyl (C=O) groups is 6. The van der Waals surface area contributed by atoms with Crippen molar-refractivity contribution in [3.8, 4) is 0 Å². The molecule has 468 valence electrons. The molecule has 6 aromatic rings. The van der Waals surface area contributed by atoms with Crippen LogP contribution < -0.4 is 0 Å². The Morgan fingerprint density at radius 3 is 1.36 bits per heavy atom. The summed E-state index contributed by atoms with van der Waals surface area (Å²) in [5.41, 5.74) is 17.2. The van der Waals surface area contributed by atoms with Crippen molar-refractivity contribution < 1.29 is 57.2 Å². The monoisotopic (exact) mass is 1220 g/mol. The summed E-state index contributed by atoms with van der Waals surface area (Å²) in [5.74, 6) is -5.26. The summed E-state index contributed by atoms with van der Waals surface area (Å²) in [6, 6.07) is 13.9. The predicted octanol–water partition coefficient (Wildman–Crippen LogP) is 12.7. The Morgan fingerprint density at radius 1 is 0.478 bits per heavy atom. The third-order valence-corrected chi connectivity index (χ3v) is 18.4. The molecule has 4 aliphatic rings. The molecule has 90 heavy (non-hydrogen) atoms. The largest absolute Gasteiger partial charge is 0.469 e. The van der Waals surface area contributed by atoms with Crippen molar-refractivity contribution in [3.05, 3.63) is 144 Å². The van der Waals surface area contributed by atoms with E-state index in [-0.39, 0.29) is 71.2 Å². The fraction of sp³-hybridized carbons (Fsp3) is 0.371. The molecule has 4 atom stereocenters. The molecule has 0 radical (unpaired) electrons. The van der Waals surface area contributed by atoms with Crippen molar-refractivity contribution in [1.82, 2.24) is 39.9 Å². The second kappa shape index (κ2) is 25.8. The molecule has 0 unspecified atom stereocenters. The van der Waals surface area contributed by atoms with Gasteiger partial charge < -0.3 is 48.4 Å². The lowest BCUT2D eigenvalue weighted by Crippen LogP contribution is -2.15. The smallest absolute Gasteiger partial charge is 0.341 e. The molecule has 20 nitrogen and oxygen atoms in total. The molecule has 6 aromatic heterocycles. The van der Waals surface area contributed by atoms with E-state index in [0.29, 0.717) is 69.2 Å². The van der Waals surface area contributed by atoms with Gasteiger partial charge in [0, 0.05) is 97.6 Å². The first-order valence-corrected chi connectivity index (χ1v) is 30.2. The molecule has 0 saturated carbocycles. The number of aryl methyl sites for hydroxylation is 5. The molecule has 4 aliphatic heterocycles. The van der Waals surface area contributed by atoms with Gasteiger partial charge in [0.1, 0.15) is 11.1 Å². The van der Waals surface area contributed by atoms with Crippen LogP contribution in [0.5, 0.6) is 0 Å². The number of aromatic amines is 4. The Hall–Kier alpha value is -9.72. The minimum Gasteiger partial charge on any atom is -0.469 e. The molecule has 0 fully saturated rings. The highest BCUT2D eigenvalue weighted by molar-refractivity contribution is 6.27. The standard InChI is InChI=1S/C70H76N8O12/c1-16-41-32(3)47-27-50-36(7)45(22-24-58(80)86-11)64(76-50)62(70(84)90-15)66-60(68(82)88-13)38(9)52(78-66)30-56-43(34(5)49(74-56)29-54(41)72-47)20-18-19-39-25-40-26-46-37(8)59(67(81)87-12)65(77-46)61(69(83)89-14)63-44(21-23-57(79)85-10)35(6)51(75-63)28-48-33(4)42(17-2)55(73-48)31-53(39)71-40/h18,20,25-31,35-36,44-45,71-74H,16-17,19,21-24H2,1-15H3/b20-18-,40-26?,46-26?,47-27?,48-28?,49-29?,50-27?,51-28?,52-30?,53-31?,54-29?,55-31?,56-30?,63-61?,64-62?,65-61?,66-62?/t35-,36-,44-,45-/m0/s1. The van der Waals surface area contributed by atoms with Crippen LogP contribution in [0.25, 0.3) is 72.5 Å². The third-order valence-electron chi connectivity index (χ3n) is 18.4. The van der Waals surface area contributed by atoms with Crippen molar-refractivity contribution in [2.24, 2.45) is 0 Å². The fourth-order valence-corrected chi connectivity index (χ4v) is 13.2. The lowest BCUT2D eigenvalue weighted by molar-refractivity contribution is -0.141. The normalized spacial score (nSPS) is 16.4. The third kappa shape index (κ3) is 11.4. The van der Waals surface area contributed by atoms with E-state index in [1.54, 1.807) is 13.8 Å². The number of aromatic nitrogens is 8. The SMILES string of the molecule is CCc1c(C)c2cc3nc(c(C(=O)OC)c4nc(cc5cc(C/C=C\c6c(C)c7cc8[nH]c(cc9nc(c(C(=O)OC)c%10nc(cc6[nH]7)C(C)=C%10C(=O)OC)[C@@H](CCC(=O)OC)[C@@H]9C)c(C)c8CC)c(cc1[nH]2)[nH]5)C(C)=C4C(=O)OC)[C@@H](CCC(=O)OC)[C@@H]3C. The Bertz CT molecular complexity index is 4470. The van der Waals surface area contributed by atoms with Crippen LogP contribution in [0.3, 0.4) is 0 Å². The average molecular weight is 1220 g/mol. The van der Waals surface area contributed by atoms with Gasteiger partial charge >= 0.3 is 35.8 Å². The summed E-state index contributed by atoms with van der Waals surface area (Å²) in [6.07, 6.45) is 6.65. The van der Waals surface area contributed by atoms with Gasteiger partial charge in [0.15, 0.2) is 0 Å². The van der Waals surface area contributed by atoms with Gasteiger partial charge in [0.2, 0.25) is 0 Å². The van der Waals surface area contributed by atoms with Crippen molar-refractivity contribution in [2.45, 2.75) is 131 Å². The lowest BCUT2D eigenvalue weighted by atomic mass is 9.85. The quantitative estimate of drug-likeness (QED) is 0.0549. The summed E-state index contributed by atoms with van der Waals surface area (Å²) in [4.78, 5) is 117. The topological polar surface area (TPSA) is 273 Å².